The zero-order valence-electron chi connectivity index (χ0n) is 13.8. The number of nitrogens with one attached hydrogen (secondary N) is 1. The van der Waals surface area contributed by atoms with Gasteiger partial charge in [0, 0.05) is 26.8 Å². The van der Waals surface area contributed by atoms with Gasteiger partial charge in [-0.2, -0.15) is 13.2 Å². The highest BCUT2D eigenvalue weighted by atomic mass is 19.4. The second-order valence-corrected chi connectivity index (χ2v) is 5.48. The molecule has 0 spiro atoms. The second kappa shape index (κ2) is 7.87. The van der Waals surface area contributed by atoms with E-state index in [9.17, 15) is 18.0 Å². The molecule has 0 aliphatic carbocycles. The molecule has 5 nitrogen and oxygen atoms in total. The van der Waals surface area contributed by atoms with E-state index in [0.29, 0.717) is 11.3 Å². The molecule has 25 heavy (non-hydrogen) atoms. The van der Waals surface area contributed by atoms with Gasteiger partial charge in [0.25, 0.3) is 5.91 Å². The number of benzene rings is 1. The first-order valence-corrected chi connectivity index (χ1v) is 7.45. The van der Waals surface area contributed by atoms with E-state index < -0.39 is 11.7 Å². The molecule has 1 aromatic carbocycles. The monoisotopic (exact) mass is 353 g/mol. The Hall–Kier alpha value is -2.77. The van der Waals surface area contributed by atoms with E-state index in [1.54, 1.807) is 38.4 Å². The third kappa shape index (κ3) is 5.37. The van der Waals surface area contributed by atoms with Gasteiger partial charge in [-0.1, -0.05) is 12.1 Å². The molecule has 0 radical (unpaired) electrons. The zero-order valence-corrected chi connectivity index (χ0v) is 13.8. The van der Waals surface area contributed by atoms with Crippen molar-refractivity contribution in [2.24, 2.45) is 0 Å². The molecule has 0 fully saturated rings. The number of anilines is 1. The van der Waals surface area contributed by atoms with Crippen molar-refractivity contribution in [3.05, 3.63) is 53.7 Å². The minimum Gasteiger partial charge on any atom is -0.484 e. The lowest BCUT2D eigenvalue weighted by molar-refractivity contribution is -0.137. The summed E-state index contributed by atoms with van der Waals surface area (Å²) in [6, 6.07) is 8.99. The number of pyridine rings is 1. The zero-order chi connectivity index (χ0) is 18.4. The van der Waals surface area contributed by atoms with Crippen molar-refractivity contribution >= 4 is 11.7 Å². The van der Waals surface area contributed by atoms with Gasteiger partial charge in [-0.15, -0.1) is 0 Å². The average molecular weight is 353 g/mol. The van der Waals surface area contributed by atoms with Gasteiger partial charge in [-0.3, -0.25) is 4.79 Å². The fourth-order valence-corrected chi connectivity index (χ4v) is 1.98. The first-order valence-electron chi connectivity index (χ1n) is 7.45. The first-order chi connectivity index (χ1) is 11.8. The molecular weight excluding hydrogens is 335 g/mol. The molecule has 0 saturated carbocycles. The summed E-state index contributed by atoms with van der Waals surface area (Å²) >= 11 is 0. The molecule has 0 aliphatic heterocycles. The third-order valence-electron chi connectivity index (χ3n) is 3.33. The number of carbonyl (C=O) groups excluding carboxylic acids is 1. The summed E-state index contributed by atoms with van der Waals surface area (Å²) < 4.78 is 44.2. The summed E-state index contributed by atoms with van der Waals surface area (Å²) in [5, 5.41) is 2.68. The summed E-state index contributed by atoms with van der Waals surface area (Å²) in [4.78, 5) is 16.7. The van der Waals surface area contributed by atoms with Crippen LogP contribution in [0.25, 0.3) is 0 Å². The molecular formula is C17H18F3N3O2. The van der Waals surface area contributed by atoms with Gasteiger partial charge in [0.05, 0.1) is 5.56 Å². The van der Waals surface area contributed by atoms with Gasteiger partial charge in [0.1, 0.15) is 11.6 Å². The molecule has 0 bridgehead atoms. The minimum atomic E-state index is -4.48. The van der Waals surface area contributed by atoms with Crippen LogP contribution in [0, 0.1) is 0 Å². The van der Waals surface area contributed by atoms with E-state index in [4.69, 9.17) is 4.74 Å². The largest absolute Gasteiger partial charge is 0.484 e. The average Bonchev–Trinajstić information content (AvgIpc) is 2.57. The second-order valence-electron chi connectivity index (χ2n) is 5.48. The number of hydrogen-bond donors (Lipinski definition) is 1. The van der Waals surface area contributed by atoms with E-state index in [1.165, 1.54) is 17.2 Å². The van der Waals surface area contributed by atoms with Crippen molar-refractivity contribution in [3.63, 3.8) is 0 Å². The Balaban J connectivity index is 2.03. The van der Waals surface area contributed by atoms with Crippen molar-refractivity contribution in [1.29, 1.82) is 0 Å². The van der Waals surface area contributed by atoms with Crippen LogP contribution in [0.15, 0.2) is 42.6 Å². The van der Waals surface area contributed by atoms with Crippen LogP contribution in [0.3, 0.4) is 0 Å². The lowest BCUT2D eigenvalue weighted by Crippen LogP contribution is -2.27. The molecule has 0 aliphatic rings. The molecule has 1 aromatic heterocycles. The maximum Gasteiger partial charge on any atom is 0.419 e. The Morgan fingerprint density at radius 3 is 2.68 bits per heavy atom. The highest BCUT2D eigenvalue weighted by Crippen LogP contribution is 2.33. The normalized spacial score (nSPS) is 11.1. The molecule has 0 atom stereocenters. The van der Waals surface area contributed by atoms with Crippen molar-refractivity contribution in [3.8, 4) is 5.75 Å². The van der Waals surface area contributed by atoms with E-state index in [0.717, 1.165) is 6.07 Å². The number of amides is 1. The van der Waals surface area contributed by atoms with E-state index in [1.807, 2.05) is 0 Å². The summed E-state index contributed by atoms with van der Waals surface area (Å²) in [5.41, 5.74) is -0.118. The van der Waals surface area contributed by atoms with Crippen LogP contribution < -0.4 is 10.1 Å². The Kier molecular flexibility index (Phi) is 5.84. The summed E-state index contributed by atoms with van der Waals surface area (Å²) in [7, 11) is 3.24. The third-order valence-corrected chi connectivity index (χ3v) is 3.33. The number of aromatic nitrogens is 1. The molecule has 0 unspecified atom stereocenters. The van der Waals surface area contributed by atoms with Gasteiger partial charge in [-0.25, -0.2) is 4.98 Å². The van der Waals surface area contributed by atoms with Crippen molar-refractivity contribution in [2.75, 3.05) is 26.0 Å². The molecule has 2 rings (SSSR count). The Bertz CT molecular complexity index is 733. The Morgan fingerprint density at radius 2 is 2.00 bits per heavy atom. The fourth-order valence-electron chi connectivity index (χ4n) is 1.98. The van der Waals surface area contributed by atoms with E-state index in [-0.39, 0.29) is 24.9 Å². The van der Waals surface area contributed by atoms with Gasteiger partial charge < -0.3 is 15.0 Å². The molecule has 1 heterocycles. The first kappa shape index (κ1) is 18.6. The van der Waals surface area contributed by atoms with Crippen molar-refractivity contribution in [1.82, 2.24) is 9.88 Å². The Labute approximate surface area is 143 Å². The Morgan fingerprint density at radius 1 is 1.24 bits per heavy atom. The molecule has 134 valence electrons. The number of hydrogen-bond acceptors (Lipinski definition) is 4. The molecule has 2 aromatic rings. The summed E-state index contributed by atoms with van der Waals surface area (Å²) in [5.74, 6) is 0.0440. The van der Waals surface area contributed by atoms with Crippen molar-refractivity contribution in [2.45, 2.75) is 12.7 Å². The number of likely N-dealkylation sites (N-methyl/N-ethyl adjacent to an activating group) is 1. The van der Waals surface area contributed by atoms with Crippen LogP contribution in [0.4, 0.5) is 19.0 Å². The molecule has 1 amide bonds. The highest BCUT2D eigenvalue weighted by Gasteiger charge is 2.33. The highest BCUT2D eigenvalue weighted by molar-refractivity contribution is 5.77. The summed E-state index contributed by atoms with van der Waals surface area (Å²) in [6.07, 6.45) is -3.18. The molecule has 8 heteroatoms. The minimum absolute atomic E-state index is 0.109. The number of ether oxygens (including phenoxy) is 1. The van der Waals surface area contributed by atoms with Crippen LogP contribution in [-0.2, 0) is 17.5 Å². The number of nitrogens with zero attached hydrogens (tertiary/aromatic N) is 2. The number of halogens is 3. The van der Waals surface area contributed by atoms with Gasteiger partial charge in [0.15, 0.2) is 6.61 Å². The van der Waals surface area contributed by atoms with Crippen LogP contribution in [0.5, 0.6) is 5.75 Å². The van der Waals surface area contributed by atoms with E-state index in [2.05, 4.69) is 10.3 Å². The van der Waals surface area contributed by atoms with Crippen LogP contribution in [0.2, 0.25) is 0 Å². The van der Waals surface area contributed by atoms with Gasteiger partial charge in [-0.05, 0) is 29.8 Å². The smallest absolute Gasteiger partial charge is 0.419 e. The number of carbonyl (C=O) groups is 1. The predicted molar refractivity (Wildman–Crippen MR) is 87.2 cm³/mol. The maximum atomic E-state index is 12.9. The molecule has 0 saturated heterocycles. The van der Waals surface area contributed by atoms with Crippen molar-refractivity contribution < 1.29 is 22.7 Å². The standard InChI is InChI=1S/C17H18F3N3O2/c1-23(2)15(24)11-25-13-6-3-5-12(9-13)10-22-16-14(17(18,19)20)7-4-8-21-16/h3-9H,10-11H2,1-2H3,(H,21,22). The predicted octanol–water partition coefficient (Wildman–Crippen LogP) is 3.18. The van der Waals surface area contributed by atoms with Gasteiger partial charge in [0.2, 0.25) is 0 Å². The van der Waals surface area contributed by atoms with Crippen LogP contribution >= 0.6 is 0 Å². The SMILES string of the molecule is CN(C)C(=O)COc1cccc(CNc2ncccc2C(F)(F)F)c1. The summed E-state index contributed by atoms with van der Waals surface area (Å²) in [6.45, 7) is 0.0290. The number of alkyl halides is 3. The van der Waals surface area contributed by atoms with Crippen LogP contribution in [-0.4, -0.2) is 36.5 Å². The van der Waals surface area contributed by atoms with Crippen LogP contribution in [0.1, 0.15) is 11.1 Å². The fraction of sp³-hybridized carbons (Fsp3) is 0.294. The van der Waals surface area contributed by atoms with E-state index >= 15 is 0 Å². The number of rotatable bonds is 6. The topological polar surface area (TPSA) is 54.5 Å². The molecule has 1 N–H and O–H groups in total. The lowest BCUT2D eigenvalue weighted by Gasteiger charge is -2.14. The maximum absolute atomic E-state index is 12.9. The lowest BCUT2D eigenvalue weighted by atomic mass is 10.2. The quantitative estimate of drug-likeness (QED) is 0.867. The van der Waals surface area contributed by atoms with Gasteiger partial charge >= 0.3 is 6.18 Å².